The highest BCUT2D eigenvalue weighted by molar-refractivity contribution is 5.45. The molecule has 0 heterocycles. The zero-order valence-electron chi connectivity index (χ0n) is 10.6. The molecule has 0 bridgehead atoms. The van der Waals surface area contributed by atoms with Crippen molar-refractivity contribution in [3.05, 3.63) is 23.8 Å². The first kappa shape index (κ1) is 12.8. The average molecular weight is 224 g/mol. The van der Waals surface area contributed by atoms with Crippen LogP contribution in [-0.2, 0) is 4.89 Å². The van der Waals surface area contributed by atoms with Gasteiger partial charge in [0.05, 0.1) is 0 Å². The van der Waals surface area contributed by atoms with E-state index in [0.717, 1.165) is 5.56 Å². The monoisotopic (exact) mass is 224 g/mol. The van der Waals surface area contributed by atoms with Crippen molar-refractivity contribution in [1.82, 2.24) is 0 Å². The summed E-state index contributed by atoms with van der Waals surface area (Å²) in [5.41, 5.74) is 0.395. The van der Waals surface area contributed by atoms with E-state index < -0.39 is 0 Å². The van der Waals surface area contributed by atoms with Gasteiger partial charge in [-0.3, -0.25) is 0 Å². The molecule has 0 aromatic heterocycles. The number of phenolic OH excluding ortho intramolecular Hbond substituents is 1. The molecule has 1 rings (SSSR count). The predicted octanol–water partition coefficient (Wildman–Crippen LogP) is 3.62. The van der Waals surface area contributed by atoms with Gasteiger partial charge in [-0.1, -0.05) is 19.9 Å². The van der Waals surface area contributed by atoms with Crippen LogP contribution in [0, 0.1) is 0 Å². The second-order valence-corrected chi connectivity index (χ2v) is 5.12. The number of hydrogen-bond donors (Lipinski definition) is 1. The zero-order chi connectivity index (χ0) is 12.3. The van der Waals surface area contributed by atoms with E-state index in [1.54, 1.807) is 18.2 Å². The Morgan fingerprint density at radius 1 is 1.19 bits per heavy atom. The Kier molecular flexibility index (Phi) is 3.81. The normalized spacial score (nSPS) is 11.9. The van der Waals surface area contributed by atoms with Gasteiger partial charge < -0.3 is 9.99 Å². The van der Waals surface area contributed by atoms with Gasteiger partial charge >= 0.3 is 0 Å². The minimum absolute atomic E-state index is 0.180. The SMILES string of the molecule is CC(C)c1c(O)cccc1OOC(C)(C)C. The van der Waals surface area contributed by atoms with Gasteiger partial charge in [0, 0.05) is 5.56 Å². The third-order valence-corrected chi connectivity index (χ3v) is 2.00. The summed E-state index contributed by atoms with van der Waals surface area (Å²) in [5, 5.41) is 9.76. The molecule has 1 aromatic rings. The minimum atomic E-state index is -0.375. The minimum Gasteiger partial charge on any atom is -0.508 e. The number of benzene rings is 1. The van der Waals surface area contributed by atoms with Crippen LogP contribution in [0.1, 0.15) is 46.1 Å². The van der Waals surface area contributed by atoms with Crippen LogP contribution >= 0.6 is 0 Å². The van der Waals surface area contributed by atoms with E-state index in [1.165, 1.54) is 0 Å². The predicted molar refractivity (Wildman–Crippen MR) is 63.7 cm³/mol. The first-order chi connectivity index (χ1) is 7.31. The Morgan fingerprint density at radius 2 is 1.81 bits per heavy atom. The first-order valence-corrected chi connectivity index (χ1v) is 5.49. The molecular formula is C13H20O3. The molecule has 0 unspecified atom stereocenters. The Balaban J connectivity index is 2.91. The average Bonchev–Trinajstić information content (AvgIpc) is 2.12. The highest BCUT2D eigenvalue weighted by atomic mass is 17.2. The van der Waals surface area contributed by atoms with Crippen LogP contribution in [-0.4, -0.2) is 10.7 Å². The van der Waals surface area contributed by atoms with Gasteiger partial charge in [-0.2, -0.15) is 4.89 Å². The Morgan fingerprint density at radius 3 is 2.31 bits per heavy atom. The van der Waals surface area contributed by atoms with Crippen LogP contribution < -0.4 is 4.89 Å². The maximum atomic E-state index is 9.76. The molecule has 16 heavy (non-hydrogen) atoms. The highest BCUT2D eigenvalue weighted by Gasteiger charge is 2.17. The first-order valence-electron chi connectivity index (χ1n) is 5.49. The molecular weight excluding hydrogens is 204 g/mol. The second-order valence-electron chi connectivity index (χ2n) is 5.12. The topological polar surface area (TPSA) is 38.7 Å². The zero-order valence-corrected chi connectivity index (χ0v) is 10.6. The fourth-order valence-corrected chi connectivity index (χ4v) is 1.36. The van der Waals surface area contributed by atoms with Crippen molar-refractivity contribution in [2.45, 2.75) is 46.1 Å². The lowest BCUT2D eigenvalue weighted by molar-refractivity contribution is -0.275. The molecule has 1 N–H and O–H groups in total. The van der Waals surface area contributed by atoms with E-state index in [0.29, 0.717) is 5.75 Å². The van der Waals surface area contributed by atoms with E-state index >= 15 is 0 Å². The summed E-state index contributed by atoms with van der Waals surface area (Å²) in [6, 6.07) is 5.18. The number of rotatable bonds is 3. The summed E-state index contributed by atoms with van der Waals surface area (Å²) >= 11 is 0. The van der Waals surface area contributed by atoms with Gasteiger partial charge in [0.2, 0.25) is 0 Å². The smallest absolute Gasteiger partial charge is 0.172 e. The third kappa shape index (κ3) is 3.42. The molecule has 3 nitrogen and oxygen atoms in total. The molecule has 0 saturated carbocycles. The molecule has 0 amide bonds. The van der Waals surface area contributed by atoms with Crippen molar-refractivity contribution < 1.29 is 14.9 Å². The van der Waals surface area contributed by atoms with Crippen LogP contribution in [0.4, 0.5) is 0 Å². The van der Waals surface area contributed by atoms with Crippen LogP contribution in [0.2, 0.25) is 0 Å². The summed E-state index contributed by atoms with van der Waals surface area (Å²) in [7, 11) is 0. The van der Waals surface area contributed by atoms with Crippen molar-refractivity contribution in [2.24, 2.45) is 0 Å². The quantitative estimate of drug-likeness (QED) is 0.629. The molecule has 3 heteroatoms. The summed E-state index contributed by atoms with van der Waals surface area (Å²) in [4.78, 5) is 10.5. The highest BCUT2D eigenvalue weighted by Crippen LogP contribution is 2.34. The van der Waals surface area contributed by atoms with E-state index in [4.69, 9.17) is 9.78 Å². The molecule has 0 aliphatic rings. The molecule has 1 aromatic carbocycles. The number of aromatic hydroxyl groups is 1. The molecule has 0 spiro atoms. The van der Waals surface area contributed by atoms with Crippen LogP contribution in [0.5, 0.6) is 11.5 Å². The van der Waals surface area contributed by atoms with Gasteiger partial charge in [-0.15, -0.1) is 0 Å². The van der Waals surface area contributed by atoms with Gasteiger partial charge in [-0.05, 0) is 38.8 Å². The lowest BCUT2D eigenvalue weighted by atomic mass is 10.0. The van der Waals surface area contributed by atoms with E-state index in [1.807, 2.05) is 34.6 Å². The molecule has 0 fully saturated rings. The standard InChI is InChI=1S/C13H20O3/c1-9(2)12-10(14)7-6-8-11(12)15-16-13(3,4)5/h6-9,14H,1-5H3. The fourth-order valence-electron chi connectivity index (χ4n) is 1.36. The molecule has 90 valence electrons. The summed E-state index contributed by atoms with van der Waals surface area (Å²) in [5.74, 6) is 0.995. The lowest BCUT2D eigenvalue weighted by Gasteiger charge is -2.20. The van der Waals surface area contributed by atoms with Gasteiger partial charge in [0.15, 0.2) is 5.75 Å². The molecule has 0 atom stereocenters. The van der Waals surface area contributed by atoms with Crippen LogP contribution in [0.15, 0.2) is 18.2 Å². The third-order valence-electron chi connectivity index (χ3n) is 2.00. The molecule has 0 aliphatic carbocycles. The molecule has 0 radical (unpaired) electrons. The summed E-state index contributed by atoms with van der Waals surface area (Å²) in [6.45, 7) is 9.72. The fraction of sp³-hybridized carbons (Fsp3) is 0.538. The number of phenols is 1. The molecule has 0 saturated heterocycles. The Labute approximate surface area is 96.9 Å². The molecule has 0 aliphatic heterocycles. The summed E-state index contributed by atoms with van der Waals surface area (Å²) < 4.78 is 0. The second kappa shape index (κ2) is 4.74. The lowest BCUT2D eigenvalue weighted by Crippen LogP contribution is -2.21. The largest absolute Gasteiger partial charge is 0.508 e. The van der Waals surface area contributed by atoms with Crippen molar-refractivity contribution in [3.63, 3.8) is 0 Å². The Hall–Kier alpha value is -1.22. The van der Waals surface area contributed by atoms with E-state index in [-0.39, 0.29) is 17.3 Å². The number of hydrogen-bond acceptors (Lipinski definition) is 3. The van der Waals surface area contributed by atoms with Crippen LogP contribution in [0.25, 0.3) is 0 Å². The van der Waals surface area contributed by atoms with Gasteiger partial charge in [0.25, 0.3) is 0 Å². The van der Waals surface area contributed by atoms with Crippen LogP contribution in [0.3, 0.4) is 0 Å². The maximum absolute atomic E-state index is 9.76. The van der Waals surface area contributed by atoms with E-state index in [9.17, 15) is 5.11 Å². The van der Waals surface area contributed by atoms with Crippen molar-refractivity contribution in [2.75, 3.05) is 0 Å². The van der Waals surface area contributed by atoms with Gasteiger partial charge in [-0.25, -0.2) is 0 Å². The van der Waals surface area contributed by atoms with Crippen molar-refractivity contribution in [3.8, 4) is 11.5 Å². The Bertz CT molecular complexity index is 351. The maximum Gasteiger partial charge on any atom is 0.172 e. The van der Waals surface area contributed by atoms with E-state index in [2.05, 4.69) is 0 Å². The van der Waals surface area contributed by atoms with Crippen molar-refractivity contribution in [1.29, 1.82) is 0 Å². The summed E-state index contributed by atoms with van der Waals surface area (Å²) in [6.07, 6.45) is 0. The van der Waals surface area contributed by atoms with Crippen molar-refractivity contribution >= 4 is 0 Å². The van der Waals surface area contributed by atoms with Gasteiger partial charge in [0.1, 0.15) is 11.4 Å².